The molecule has 1 aliphatic rings. The molecule has 0 amide bonds. The lowest BCUT2D eigenvalue weighted by atomic mass is 9.98. The van der Waals surface area contributed by atoms with Gasteiger partial charge in [-0.1, -0.05) is 24.6 Å². The van der Waals surface area contributed by atoms with Crippen LogP contribution in [0, 0.1) is 0 Å². The smallest absolute Gasteiger partial charge is 0.330 e. The molecule has 266 valence electrons. The molecule has 4 rings (SSSR count). The minimum absolute atomic E-state index is 0.199. The highest BCUT2D eigenvalue weighted by atomic mass is 16.7. The van der Waals surface area contributed by atoms with Crippen LogP contribution in [0.3, 0.4) is 0 Å². The quantitative estimate of drug-likeness (QED) is 0.0501. The van der Waals surface area contributed by atoms with Gasteiger partial charge in [-0.15, -0.1) is 0 Å². The summed E-state index contributed by atoms with van der Waals surface area (Å²) in [5, 5.41) is 70.9. The van der Waals surface area contributed by atoms with Gasteiger partial charge in [0.1, 0.15) is 31.0 Å². The number of aryl methyl sites for hydroxylation is 2. The number of carbonyl (C=O) groups excluding carboxylic acids is 1. The van der Waals surface area contributed by atoms with Gasteiger partial charge in [0.2, 0.25) is 0 Å². The van der Waals surface area contributed by atoms with Crippen molar-refractivity contribution in [1.29, 1.82) is 0 Å². The lowest BCUT2D eigenvalue weighted by Gasteiger charge is -2.41. The Kier molecular flexibility index (Phi) is 13.5. The van der Waals surface area contributed by atoms with Crippen molar-refractivity contribution in [3.63, 3.8) is 0 Å². The van der Waals surface area contributed by atoms with Crippen molar-refractivity contribution >= 4 is 12.0 Å². The second-order valence-electron chi connectivity index (χ2n) is 11.8. The van der Waals surface area contributed by atoms with Crippen LogP contribution in [0.25, 0.3) is 6.08 Å². The molecule has 3 aromatic rings. The first-order valence-electron chi connectivity index (χ1n) is 15.9. The standard InChI is InChI=1S/C36H44O13/c1-45-29-15-10-23(19-30(29)46-2)11-16-32(41)47-20-31-33(42)34(43)35(44)36(49-31)48-24(12-7-22-9-14-26(38)28(40)18-22)6-4-3-5-21-8-13-25(37)27(39)17-21/h8-11,13-19,24,31,33-40,42-44H,3-7,12,20H2,1-2H3/t24-,31-,33+,34-,35+,36+/m0/s1. The molecule has 13 heteroatoms. The number of ether oxygens (including phenoxy) is 5. The Morgan fingerprint density at radius 2 is 1.41 bits per heavy atom. The SMILES string of the molecule is COc1ccc(C=CC(=O)OC[C@@H]2O[C@@H](O[C@@H](CCCCc3ccc(O)c(O)c3)CCc3ccc(O)c(O)c3)[C@H](O)[C@@H](O)[C@@H]2O)cc1OC. The van der Waals surface area contributed by atoms with Crippen molar-refractivity contribution in [2.24, 2.45) is 0 Å². The number of aromatic hydroxyl groups is 4. The van der Waals surface area contributed by atoms with E-state index in [-0.39, 0.29) is 23.0 Å². The van der Waals surface area contributed by atoms with E-state index in [1.807, 2.05) is 0 Å². The number of methoxy groups -OCH3 is 2. The van der Waals surface area contributed by atoms with Crippen LogP contribution < -0.4 is 9.47 Å². The third-order valence-corrected chi connectivity index (χ3v) is 8.28. The lowest BCUT2D eigenvalue weighted by molar-refractivity contribution is -0.312. The molecule has 49 heavy (non-hydrogen) atoms. The van der Waals surface area contributed by atoms with Gasteiger partial charge in [0.25, 0.3) is 0 Å². The number of unbranched alkanes of at least 4 members (excludes halogenated alkanes) is 1. The number of aliphatic hydroxyl groups is 3. The van der Waals surface area contributed by atoms with E-state index in [4.69, 9.17) is 23.7 Å². The summed E-state index contributed by atoms with van der Waals surface area (Å²) in [5.41, 5.74) is 2.21. The van der Waals surface area contributed by atoms with Crippen LogP contribution >= 0.6 is 0 Å². The Morgan fingerprint density at radius 3 is 2.04 bits per heavy atom. The van der Waals surface area contributed by atoms with Crippen LogP contribution in [0.1, 0.15) is 42.4 Å². The number of rotatable bonds is 16. The van der Waals surface area contributed by atoms with E-state index < -0.39 is 49.4 Å². The maximum atomic E-state index is 12.5. The minimum atomic E-state index is -1.65. The van der Waals surface area contributed by atoms with Crippen LogP contribution in [-0.4, -0.2) is 99.4 Å². The zero-order valence-electron chi connectivity index (χ0n) is 27.3. The van der Waals surface area contributed by atoms with E-state index in [1.165, 1.54) is 50.6 Å². The van der Waals surface area contributed by atoms with Gasteiger partial charge < -0.3 is 59.4 Å². The summed E-state index contributed by atoms with van der Waals surface area (Å²) in [6.45, 7) is -0.434. The van der Waals surface area contributed by atoms with Crippen LogP contribution in [0.5, 0.6) is 34.5 Å². The van der Waals surface area contributed by atoms with Crippen LogP contribution in [0.15, 0.2) is 60.7 Å². The summed E-state index contributed by atoms with van der Waals surface area (Å²) >= 11 is 0. The van der Waals surface area contributed by atoms with Crippen molar-refractivity contribution in [2.45, 2.75) is 75.3 Å². The van der Waals surface area contributed by atoms with Crippen molar-refractivity contribution in [1.82, 2.24) is 0 Å². The average Bonchev–Trinajstić information content (AvgIpc) is 3.10. The molecule has 6 atom stereocenters. The molecule has 0 unspecified atom stereocenters. The molecule has 0 aromatic heterocycles. The zero-order valence-corrected chi connectivity index (χ0v) is 27.3. The van der Waals surface area contributed by atoms with Gasteiger partial charge in [-0.3, -0.25) is 0 Å². The van der Waals surface area contributed by atoms with Gasteiger partial charge in [0, 0.05) is 6.08 Å². The van der Waals surface area contributed by atoms with Gasteiger partial charge in [-0.25, -0.2) is 4.79 Å². The monoisotopic (exact) mass is 684 g/mol. The summed E-state index contributed by atoms with van der Waals surface area (Å²) in [6.07, 6.45) is -1.89. The third-order valence-electron chi connectivity index (χ3n) is 8.28. The topological polar surface area (TPSA) is 205 Å². The Bertz CT molecular complexity index is 1560. The molecule has 0 aliphatic carbocycles. The van der Waals surface area contributed by atoms with Gasteiger partial charge >= 0.3 is 5.97 Å². The Balaban J connectivity index is 1.37. The highest BCUT2D eigenvalue weighted by Crippen LogP contribution is 2.30. The first kappa shape index (κ1) is 37.3. The van der Waals surface area contributed by atoms with E-state index in [2.05, 4.69) is 0 Å². The molecule has 0 radical (unpaired) electrons. The maximum absolute atomic E-state index is 12.5. The first-order chi connectivity index (χ1) is 23.5. The van der Waals surface area contributed by atoms with Gasteiger partial charge in [-0.05, 0) is 91.3 Å². The number of hydrogen-bond donors (Lipinski definition) is 7. The molecule has 1 fully saturated rings. The molecule has 0 spiro atoms. The average molecular weight is 685 g/mol. The van der Waals surface area contributed by atoms with Crippen molar-refractivity contribution in [2.75, 3.05) is 20.8 Å². The second kappa shape index (κ2) is 17.7. The number of carbonyl (C=O) groups is 1. The summed E-state index contributed by atoms with van der Waals surface area (Å²) in [4.78, 5) is 12.5. The molecule has 1 aliphatic heterocycles. The van der Waals surface area contributed by atoms with E-state index in [0.717, 1.165) is 11.1 Å². The van der Waals surface area contributed by atoms with Crippen molar-refractivity contribution in [3.8, 4) is 34.5 Å². The van der Waals surface area contributed by atoms with Crippen molar-refractivity contribution in [3.05, 3.63) is 77.4 Å². The molecule has 7 N–H and O–H groups in total. The summed E-state index contributed by atoms with van der Waals surface area (Å²) in [6, 6.07) is 14.2. The Labute approximate surface area is 284 Å². The summed E-state index contributed by atoms with van der Waals surface area (Å²) in [5.74, 6) is -0.630. The molecule has 1 heterocycles. The van der Waals surface area contributed by atoms with Crippen LogP contribution in [0.2, 0.25) is 0 Å². The van der Waals surface area contributed by atoms with Crippen LogP contribution in [-0.2, 0) is 31.8 Å². The van der Waals surface area contributed by atoms with Gasteiger partial charge in [0.15, 0.2) is 40.8 Å². The van der Waals surface area contributed by atoms with Crippen molar-refractivity contribution < 1.29 is 64.2 Å². The molecule has 13 nitrogen and oxygen atoms in total. The number of hydrogen-bond acceptors (Lipinski definition) is 13. The number of aliphatic hydroxyl groups excluding tert-OH is 3. The predicted octanol–water partition coefficient (Wildman–Crippen LogP) is 3.32. The summed E-state index contributed by atoms with van der Waals surface area (Å²) < 4.78 is 27.8. The third kappa shape index (κ3) is 10.5. The Morgan fingerprint density at radius 1 is 0.755 bits per heavy atom. The van der Waals surface area contributed by atoms with E-state index >= 15 is 0 Å². The van der Waals surface area contributed by atoms with Gasteiger partial charge in [-0.2, -0.15) is 0 Å². The number of phenolic OH excluding ortho intramolecular Hbond substituents is 4. The molecular formula is C36H44O13. The lowest BCUT2D eigenvalue weighted by Crippen LogP contribution is -2.60. The molecule has 0 bridgehead atoms. The fourth-order valence-corrected chi connectivity index (χ4v) is 5.45. The fraction of sp³-hybridized carbons (Fsp3) is 0.417. The second-order valence-corrected chi connectivity index (χ2v) is 11.8. The molecule has 3 aromatic carbocycles. The maximum Gasteiger partial charge on any atom is 0.330 e. The van der Waals surface area contributed by atoms with E-state index in [1.54, 1.807) is 30.3 Å². The summed E-state index contributed by atoms with van der Waals surface area (Å²) in [7, 11) is 3.01. The highest BCUT2D eigenvalue weighted by molar-refractivity contribution is 5.87. The highest BCUT2D eigenvalue weighted by Gasteiger charge is 2.45. The largest absolute Gasteiger partial charge is 0.504 e. The van der Waals surface area contributed by atoms with E-state index in [0.29, 0.717) is 55.6 Å². The van der Waals surface area contributed by atoms with E-state index in [9.17, 15) is 40.5 Å². The molecular weight excluding hydrogens is 640 g/mol. The normalized spacial score (nSPS) is 21.4. The molecule has 0 saturated carbocycles. The predicted molar refractivity (Wildman–Crippen MR) is 177 cm³/mol. The fourth-order valence-electron chi connectivity index (χ4n) is 5.45. The van der Waals surface area contributed by atoms with Crippen LogP contribution in [0.4, 0.5) is 0 Å². The Hall–Kier alpha value is -4.53. The number of benzene rings is 3. The zero-order chi connectivity index (χ0) is 35.5. The number of phenols is 4. The first-order valence-corrected chi connectivity index (χ1v) is 15.9. The molecule has 1 saturated heterocycles. The number of esters is 1. The van der Waals surface area contributed by atoms with Gasteiger partial charge in [0.05, 0.1) is 20.3 Å². The minimum Gasteiger partial charge on any atom is -0.504 e.